The number of likely N-dealkylation sites (tertiary alicyclic amines) is 2. The Bertz CT molecular complexity index is 718. The van der Waals surface area contributed by atoms with Gasteiger partial charge in [0.1, 0.15) is 0 Å². The molecule has 1 aromatic carbocycles. The third-order valence-corrected chi connectivity index (χ3v) is 6.94. The first-order valence-corrected chi connectivity index (χ1v) is 12.5. The van der Waals surface area contributed by atoms with Crippen LogP contribution in [0.2, 0.25) is 0 Å². The van der Waals surface area contributed by atoms with E-state index in [0.717, 1.165) is 84.4 Å². The summed E-state index contributed by atoms with van der Waals surface area (Å²) in [5.74, 6) is 1.76. The number of nitrogens with zero attached hydrogens (tertiary/aromatic N) is 4. The molecule has 1 atom stereocenters. The molecule has 3 aliphatic heterocycles. The van der Waals surface area contributed by atoms with Crippen LogP contribution in [0.4, 0.5) is 0 Å². The second kappa shape index (κ2) is 13.8. The van der Waals surface area contributed by atoms with Gasteiger partial charge in [-0.25, -0.2) is 4.99 Å². The monoisotopic (exact) mass is 571 g/mol. The van der Waals surface area contributed by atoms with Crippen LogP contribution in [-0.2, 0) is 17.8 Å². The standard InChI is InChI=1S/C25H41N5O2.HI/c1-2-26-25(30-12-7-23(20-30)19-29-13-15-32-16-14-29)27-17-21-3-5-22(6-4-21)18-28-10-8-24(31)9-11-28;/h3-6,23-24,31H,2,7-20H2,1H3,(H,26,27);1H. The first-order valence-electron chi connectivity index (χ1n) is 12.5. The number of ether oxygens (including phenoxy) is 1. The number of piperidine rings is 1. The molecule has 7 nitrogen and oxygen atoms in total. The summed E-state index contributed by atoms with van der Waals surface area (Å²) in [6.45, 7) is 13.9. The maximum Gasteiger partial charge on any atom is 0.194 e. The van der Waals surface area contributed by atoms with E-state index in [1.165, 1.54) is 24.1 Å². The minimum atomic E-state index is -0.109. The Labute approximate surface area is 216 Å². The van der Waals surface area contributed by atoms with Crippen molar-refractivity contribution in [2.45, 2.75) is 45.4 Å². The van der Waals surface area contributed by atoms with E-state index in [4.69, 9.17) is 9.73 Å². The molecule has 0 aliphatic carbocycles. The summed E-state index contributed by atoms with van der Waals surface area (Å²) in [6, 6.07) is 8.90. The smallest absolute Gasteiger partial charge is 0.194 e. The fourth-order valence-corrected chi connectivity index (χ4v) is 5.00. The minimum Gasteiger partial charge on any atom is -0.393 e. The van der Waals surface area contributed by atoms with Gasteiger partial charge < -0.3 is 20.1 Å². The van der Waals surface area contributed by atoms with Crippen molar-refractivity contribution in [2.24, 2.45) is 10.9 Å². The summed E-state index contributed by atoms with van der Waals surface area (Å²) in [5, 5.41) is 13.2. The first-order chi connectivity index (χ1) is 15.7. The van der Waals surface area contributed by atoms with Crippen molar-refractivity contribution in [2.75, 3.05) is 65.6 Å². The van der Waals surface area contributed by atoms with E-state index in [1.807, 2.05) is 0 Å². The van der Waals surface area contributed by atoms with Gasteiger partial charge in [-0.1, -0.05) is 24.3 Å². The molecule has 0 bridgehead atoms. The molecule has 2 N–H and O–H groups in total. The van der Waals surface area contributed by atoms with Gasteiger partial charge in [-0.2, -0.15) is 0 Å². The molecule has 186 valence electrons. The van der Waals surface area contributed by atoms with E-state index in [2.05, 4.69) is 51.2 Å². The zero-order valence-electron chi connectivity index (χ0n) is 20.1. The summed E-state index contributed by atoms with van der Waals surface area (Å²) in [4.78, 5) is 12.4. The molecule has 8 heteroatoms. The molecular formula is C25H42IN5O2. The van der Waals surface area contributed by atoms with Gasteiger partial charge in [-0.05, 0) is 43.2 Å². The third-order valence-electron chi connectivity index (χ3n) is 6.94. The molecule has 0 spiro atoms. The van der Waals surface area contributed by atoms with E-state index < -0.39 is 0 Å². The van der Waals surface area contributed by atoms with Crippen molar-refractivity contribution in [3.05, 3.63) is 35.4 Å². The highest BCUT2D eigenvalue weighted by atomic mass is 127. The highest BCUT2D eigenvalue weighted by Crippen LogP contribution is 2.19. The Balaban J connectivity index is 0.00000306. The van der Waals surface area contributed by atoms with E-state index in [9.17, 15) is 5.11 Å². The Kier molecular flexibility index (Phi) is 11.2. The SMILES string of the molecule is CCNC(=NCc1ccc(CN2CCC(O)CC2)cc1)N1CCC(CN2CCOCC2)C1.I. The number of aliphatic hydroxyl groups excluding tert-OH is 1. The molecule has 0 radical (unpaired) electrons. The molecule has 33 heavy (non-hydrogen) atoms. The normalized spacial score (nSPS) is 23.5. The van der Waals surface area contributed by atoms with Crippen LogP contribution in [0.1, 0.15) is 37.3 Å². The molecule has 3 aliphatic rings. The van der Waals surface area contributed by atoms with Gasteiger partial charge >= 0.3 is 0 Å². The molecule has 1 aromatic rings. The van der Waals surface area contributed by atoms with Crippen molar-refractivity contribution in [1.82, 2.24) is 20.0 Å². The zero-order valence-corrected chi connectivity index (χ0v) is 22.5. The van der Waals surface area contributed by atoms with Crippen molar-refractivity contribution >= 4 is 29.9 Å². The Morgan fingerprint density at radius 1 is 1.00 bits per heavy atom. The number of halogens is 1. The highest BCUT2D eigenvalue weighted by molar-refractivity contribution is 14.0. The zero-order chi connectivity index (χ0) is 22.2. The van der Waals surface area contributed by atoms with Gasteiger partial charge in [0.25, 0.3) is 0 Å². The maximum atomic E-state index is 9.68. The van der Waals surface area contributed by atoms with Crippen molar-refractivity contribution < 1.29 is 9.84 Å². The molecule has 0 saturated carbocycles. The van der Waals surface area contributed by atoms with Gasteiger partial charge in [0.15, 0.2) is 5.96 Å². The van der Waals surface area contributed by atoms with Crippen LogP contribution in [0, 0.1) is 5.92 Å². The van der Waals surface area contributed by atoms with Crippen LogP contribution in [-0.4, -0.2) is 97.4 Å². The summed E-state index contributed by atoms with van der Waals surface area (Å²) in [6.07, 6.45) is 2.92. The van der Waals surface area contributed by atoms with Crippen molar-refractivity contribution in [3.8, 4) is 0 Å². The molecule has 4 rings (SSSR count). The summed E-state index contributed by atoms with van der Waals surface area (Å²) >= 11 is 0. The number of morpholine rings is 1. The Morgan fingerprint density at radius 3 is 2.39 bits per heavy atom. The van der Waals surface area contributed by atoms with Crippen molar-refractivity contribution in [1.29, 1.82) is 0 Å². The number of guanidine groups is 1. The van der Waals surface area contributed by atoms with Gasteiger partial charge in [-0.15, -0.1) is 24.0 Å². The lowest BCUT2D eigenvalue weighted by molar-refractivity contribution is 0.0315. The lowest BCUT2D eigenvalue weighted by Gasteiger charge is -2.29. The molecule has 3 heterocycles. The first kappa shape index (κ1) is 26.7. The van der Waals surface area contributed by atoms with Gasteiger partial charge in [0.2, 0.25) is 0 Å². The topological polar surface area (TPSA) is 63.6 Å². The van der Waals surface area contributed by atoms with E-state index in [0.29, 0.717) is 12.5 Å². The number of aliphatic imine (C=N–C) groups is 1. The number of hydrogen-bond donors (Lipinski definition) is 2. The fourth-order valence-electron chi connectivity index (χ4n) is 5.00. The number of hydrogen-bond acceptors (Lipinski definition) is 5. The molecular weight excluding hydrogens is 529 g/mol. The van der Waals surface area contributed by atoms with E-state index in [1.54, 1.807) is 0 Å². The van der Waals surface area contributed by atoms with Crippen molar-refractivity contribution in [3.63, 3.8) is 0 Å². The van der Waals surface area contributed by atoms with Gasteiger partial charge in [0.05, 0.1) is 25.9 Å². The lowest BCUT2D eigenvalue weighted by atomic mass is 10.1. The summed E-state index contributed by atoms with van der Waals surface area (Å²) in [7, 11) is 0. The lowest BCUT2D eigenvalue weighted by Crippen LogP contribution is -2.42. The summed E-state index contributed by atoms with van der Waals surface area (Å²) in [5.41, 5.74) is 2.59. The van der Waals surface area contributed by atoms with Crippen LogP contribution in [0.15, 0.2) is 29.3 Å². The average molecular weight is 572 g/mol. The second-order valence-corrected chi connectivity index (χ2v) is 9.51. The van der Waals surface area contributed by atoms with Crippen LogP contribution in [0.5, 0.6) is 0 Å². The second-order valence-electron chi connectivity index (χ2n) is 9.51. The Morgan fingerprint density at radius 2 is 1.70 bits per heavy atom. The molecule has 3 fully saturated rings. The number of benzene rings is 1. The predicted octanol–water partition coefficient (Wildman–Crippen LogP) is 2.38. The summed E-state index contributed by atoms with van der Waals surface area (Å²) < 4.78 is 5.49. The third kappa shape index (κ3) is 8.35. The largest absolute Gasteiger partial charge is 0.393 e. The van der Waals surface area contributed by atoms with Crippen LogP contribution in [0.3, 0.4) is 0 Å². The number of aliphatic hydroxyl groups is 1. The quantitative estimate of drug-likeness (QED) is 0.298. The van der Waals surface area contributed by atoms with E-state index >= 15 is 0 Å². The number of nitrogens with one attached hydrogen (secondary N) is 1. The van der Waals surface area contributed by atoms with Gasteiger partial charge in [-0.3, -0.25) is 9.80 Å². The maximum absolute atomic E-state index is 9.68. The van der Waals surface area contributed by atoms with Crippen LogP contribution >= 0.6 is 24.0 Å². The predicted molar refractivity (Wildman–Crippen MR) is 144 cm³/mol. The average Bonchev–Trinajstić information content (AvgIpc) is 3.28. The molecule has 1 unspecified atom stereocenters. The van der Waals surface area contributed by atoms with Gasteiger partial charge in [0, 0.05) is 58.9 Å². The highest BCUT2D eigenvalue weighted by Gasteiger charge is 2.27. The Hall–Kier alpha value is -0.940. The van der Waals surface area contributed by atoms with E-state index in [-0.39, 0.29) is 30.1 Å². The minimum absolute atomic E-state index is 0. The van der Waals surface area contributed by atoms with Crippen LogP contribution < -0.4 is 5.32 Å². The fraction of sp³-hybridized carbons (Fsp3) is 0.720. The molecule has 3 saturated heterocycles. The van der Waals surface area contributed by atoms with Crippen LogP contribution in [0.25, 0.3) is 0 Å². The molecule has 0 aromatic heterocycles. The molecule has 0 amide bonds. The number of rotatable bonds is 7.